The first-order valence-electron chi connectivity index (χ1n) is 4.94. The topological polar surface area (TPSA) is 20.3 Å². The molecule has 1 aliphatic rings. The van der Waals surface area contributed by atoms with E-state index in [4.69, 9.17) is 6.42 Å². The van der Waals surface area contributed by atoms with Crippen LogP contribution in [0.1, 0.15) is 6.42 Å². The van der Waals surface area contributed by atoms with Crippen LogP contribution in [0.4, 0.5) is 14.5 Å². The Labute approximate surface area is 106 Å². The number of amides is 1. The molecule has 0 aromatic heterocycles. The van der Waals surface area contributed by atoms with Gasteiger partial charge >= 0.3 is 0 Å². The van der Waals surface area contributed by atoms with Gasteiger partial charge in [0.2, 0.25) is 5.91 Å². The molecule has 88 valence electrons. The lowest BCUT2D eigenvalue weighted by Crippen LogP contribution is -2.25. The second kappa shape index (κ2) is 4.46. The summed E-state index contributed by atoms with van der Waals surface area (Å²) in [6, 6.07) is 2.35. The third-order valence-corrected chi connectivity index (χ3v) is 3.39. The molecule has 1 aromatic rings. The first-order valence-corrected chi connectivity index (χ1v) is 5.74. The molecule has 1 heterocycles. The van der Waals surface area contributed by atoms with Gasteiger partial charge in [-0.3, -0.25) is 4.79 Å². The summed E-state index contributed by atoms with van der Waals surface area (Å²) in [4.78, 5) is 12.9. The van der Waals surface area contributed by atoms with Gasteiger partial charge in [-0.1, -0.05) is 0 Å². The van der Waals surface area contributed by atoms with Crippen LogP contribution in [0.25, 0.3) is 0 Å². The lowest BCUT2D eigenvalue weighted by molar-refractivity contribution is -0.117. The Kier molecular flexibility index (Phi) is 3.16. The molecule has 0 bridgehead atoms. The molecule has 2 rings (SSSR count). The number of rotatable bonds is 1. The van der Waals surface area contributed by atoms with Gasteiger partial charge in [-0.2, -0.15) is 0 Å². The number of halogens is 3. The molecule has 1 fully saturated rings. The molecule has 0 radical (unpaired) electrons. The average Bonchev–Trinajstić information content (AvgIpc) is 2.68. The first-order chi connectivity index (χ1) is 8.04. The number of hydrogen-bond acceptors (Lipinski definition) is 1. The van der Waals surface area contributed by atoms with Gasteiger partial charge in [-0.05, 0) is 28.1 Å². The molecule has 1 unspecified atom stereocenters. The highest BCUT2D eigenvalue weighted by atomic mass is 79.9. The smallest absolute Gasteiger partial charge is 0.228 e. The zero-order valence-corrected chi connectivity index (χ0v) is 10.3. The number of carbonyl (C=O) groups is 1. The average molecular weight is 300 g/mol. The Morgan fingerprint density at radius 2 is 2.18 bits per heavy atom. The summed E-state index contributed by atoms with van der Waals surface area (Å²) in [6.45, 7) is 0.268. The van der Waals surface area contributed by atoms with E-state index in [0.29, 0.717) is 0 Å². The molecule has 0 N–H and O–H groups in total. The lowest BCUT2D eigenvalue weighted by atomic mass is 10.1. The van der Waals surface area contributed by atoms with Crippen LogP contribution in [0.15, 0.2) is 16.6 Å². The van der Waals surface area contributed by atoms with E-state index in [1.165, 1.54) is 11.0 Å². The van der Waals surface area contributed by atoms with Crippen LogP contribution < -0.4 is 4.90 Å². The number of anilines is 1. The minimum atomic E-state index is -0.781. The van der Waals surface area contributed by atoms with Gasteiger partial charge in [0, 0.05) is 18.9 Å². The quantitative estimate of drug-likeness (QED) is 0.577. The molecular weight excluding hydrogens is 292 g/mol. The zero-order chi connectivity index (χ0) is 12.6. The minimum Gasteiger partial charge on any atom is -0.308 e. The molecule has 1 amide bonds. The molecule has 0 spiro atoms. The lowest BCUT2D eigenvalue weighted by Gasteiger charge is -2.17. The van der Waals surface area contributed by atoms with E-state index in [1.807, 2.05) is 0 Å². The predicted octanol–water partition coefficient (Wildman–Crippen LogP) is 2.71. The largest absolute Gasteiger partial charge is 0.308 e. The summed E-state index contributed by atoms with van der Waals surface area (Å²) < 4.78 is 26.6. The first kappa shape index (κ1) is 12.1. The third-order valence-electron chi connectivity index (χ3n) is 2.67. The van der Waals surface area contributed by atoms with Crippen LogP contribution >= 0.6 is 15.9 Å². The highest BCUT2D eigenvalue weighted by Gasteiger charge is 2.31. The number of terminal acetylenes is 1. The van der Waals surface area contributed by atoms with Crippen molar-refractivity contribution < 1.29 is 13.6 Å². The maximum Gasteiger partial charge on any atom is 0.228 e. The van der Waals surface area contributed by atoms with Crippen molar-refractivity contribution >= 4 is 27.5 Å². The van der Waals surface area contributed by atoms with E-state index in [0.717, 1.165) is 6.07 Å². The Morgan fingerprint density at radius 1 is 1.47 bits per heavy atom. The van der Waals surface area contributed by atoms with Gasteiger partial charge in [-0.25, -0.2) is 8.78 Å². The summed E-state index contributed by atoms with van der Waals surface area (Å²) in [5.74, 6) is 0.523. The molecule has 1 saturated heterocycles. The van der Waals surface area contributed by atoms with Crippen molar-refractivity contribution in [2.75, 3.05) is 11.4 Å². The molecule has 17 heavy (non-hydrogen) atoms. The summed E-state index contributed by atoms with van der Waals surface area (Å²) in [6.07, 6.45) is 5.44. The van der Waals surface area contributed by atoms with Gasteiger partial charge in [0.15, 0.2) is 5.82 Å². The maximum atomic E-state index is 13.8. The fraction of sp³-hybridized carbons (Fsp3) is 0.250. The summed E-state index contributed by atoms with van der Waals surface area (Å²) >= 11 is 2.80. The fourth-order valence-electron chi connectivity index (χ4n) is 1.78. The zero-order valence-electron chi connectivity index (χ0n) is 8.71. The Balaban J connectivity index is 2.40. The third kappa shape index (κ3) is 2.05. The minimum absolute atomic E-state index is 0.0565. The predicted molar refractivity (Wildman–Crippen MR) is 63.4 cm³/mol. The highest BCUT2D eigenvalue weighted by Crippen LogP contribution is 2.32. The fourth-order valence-corrected chi connectivity index (χ4v) is 2.11. The van der Waals surface area contributed by atoms with Crippen molar-refractivity contribution in [3.8, 4) is 12.3 Å². The van der Waals surface area contributed by atoms with Gasteiger partial charge < -0.3 is 4.90 Å². The van der Waals surface area contributed by atoms with E-state index >= 15 is 0 Å². The van der Waals surface area contributed by atoms with Crippen molar-refractivity contribution in [2.45, 2.75) is 6.42 Å². The van der Waals surface area contributed by atoms with Crippen molar-refractivity contribution in [2.24, 2.45) is 5.92 Å². The van der Waals surface area contributed by atoms with Crippen molar-refractivity contribution in [1.29, 1.82) is 0 Å². The maximum absolute atomic E-state index is 13.8. The molecule has 5 heteroatoms. The van der Waals surface area contributed by atoms with Crippen LogP contribution in [0.2, 0.25) is 0 Å². The molecule has 0 saturated carbocycles. The molecule has 1 aliphatic heterocycles. The van der Waals surface area contributed by atoms with E-state index in [-0.39, 0.29) is 35.0 Å². The molecule has 0 aliphatic carbocycles. The van der Waals surface area contributed by atoms with Gasteiger partial charge in [0.05, 0.1) is 10.2 Å². The Hall–Kier alpha value is -1.41. The highest BCUT2D eigenvalue weighted by molar-refractivity contribution is 9.10. The number of hydrogen-bond donors (Lipinski definition) is 0. The van der Waals surface area contributed by atoms with Crippen LogP contribution in [-0.2, 0) is 4.79 Å². The summed E-state index contributed by atoms with van der Waals surface area (Å²) in [7, 11) is 0. The number of benzene rings is 1. The second-order valence-corrected chi connectivity index (χ2v) is 4.56. The van der Waals surface area contributed by atoms with Crippen LogP contribution in [0.3, 0.4) is 0 Å². The monoisotopic (exact) mass is 299 g/mol. The molecule has 1 atom stereocenters. The van der Waals surface area contributed by atoms with Crippen molar-refractivity contribution in [3.05, 3.63) is 28.2 Å². The SMILES string of the molecule is C#CC1CC(=O)N(c2ccc(F)c(Br)c2F)C1. The number of nitrogens with zero attached hydrogens (tertiary/aromatic N) is 1. The summed E-state index contributed by atoms with van der Waals surface area (Å²) in [5, 5.41) is 0. The standard InChI is InChI=1S/C12H8BrF2NO/c1-2-7-5-10(17)16(6-7)9-4-3-8(14)11(13)12(9)15/h1,3-4,7H,5-6H2. The second-order valence-electron chi connectivity index (χ2n) is 3.77. The van der Waals surface area contributed by atoms with Gasteiger partial charge in [0.25, 0.3) is 0 Å². The molecular formula is C12H8BrF2NO. The Morgan fingerprint density at radius 3 is 2.76 bits per heavy atom. The molecule has 1 aromatic carbocycles. The number of carbonyl (C=O) groups excluding carboxylic acids is 1. The van der Waals surface area contributed by atoms with E-state index < -0.39 is 11.6 Å². The van der Waals surface area contributed by atoms with Crippen LogP contribution in [0.5, 0.6) is 0 Å². The van der Waals surface area contributed by atoms with E-state index in [2.05, 4.69) is 21.9 Å². The normalized spacial score (nSPS) is 19.5. The van der Waals surface area contributed by atoms with Crippen molar-refractivity contribution in [1.82, 2.24) is 0 Å². The molecule has 2 nitrogen and oxygen atoms in total. The van der Waals surface area contributed by atoms with E-state index in [9.17, 15) is 13.6 Å². The summed E-state index contributed by atoms with van der Waals surface area (Å²) in [5.41, 5.74) is 0.0565. The van der Waals surface area contributed by atoms with Gasteiger partial charge in [-0.15, -0.1) is 12.3 Å². The van der Waals surface area contributed by atoms with Crippen molar-refractivity contribution in [3.63, 3.8) is 0 Å². The van der Waals surface area contributed by atoms with Gasteiger partial charge in [0.1, 0.15) is 5.82 Å². The van der Waals surface area contributed by atoms with Crippen LogP contribution in [-0.4, -0.2) is 12.5 Å². The van der Waals surface area contributed by atoms with Crippen LogP contribution in [0, 0.1) is 29.9 Å². The van der Waals surface area contributed by atoms with E-state index in [1.54, 1.807) is 0 Å². The Bertz CT molecular complexity index is 524.